The van der Waals surface area contributed by atoms with Crippen molar-refractivity contribution in [2.45, 2.75) is 56.7 Å². The lowest BCUT2D eigenvalue weighted by Crippen LogP contribution is -2.45. The topological polar surface area (TPSA) is 40.5 Å². The number of hydrogen-bond acceptors (Lipinski definition) is 2. The van der Waals surface area contributed by atoms with Crippen LogP contribution in [0.5, 0.6) is 0 Å². The van der Waals surface area contributed by atoms with Gasteiger partial charge in [0.1, 0.15) is 0 Å². The van der Waals surface area contributed by atoms with Crippen LogP contribution in [0.15, 0.2) is 78.4 Å². The van der Waals surface area contributed by atoms with Gasteiger partial charge >= 0.3 is 6.18 Å². The van der Waals surface area contributed by atoms with Crippen LogP contribution in [0.2, 0.25) is 5.02 Å². The van der Waals surface area contributed by atoms with Gasteiger partial charge in [-0.15, -0.1) is 0 Å². The molecule has 204 valence electrons. The van der Waals surface area contributed by atoms with Crippen LogP contribution in [0, 0.1) is 0 Å². The smallest absolute Gasteiger partial charge is 0.385 e. The molecule has 1 unspecified atom stereocenters. The molecule has 0 aromatic heterocycles. The average molecular weight is 554 g/mol. The van der Waals surface area contributed by atoms with E-state index in [1.807, 2.05) is 43.3 Å². The summed E-state index contributed by atoms with van der Waals surface area (Å²) in [5.74, 6) is 0.0834. The third-order valence-electron chi connectivity index (χ3n) is 8.22. The SMILES string of the molecule is CC1=C(C(=O)N2CCC(O)(c3ccc(Cl)c(C(F)(F)F)c3)CC2)c2ccccc2C1CCCc1ccccc1. The lowest BCUT2D eigenvalue weighted by Gasteiger charge is -2.39. The van der Waals surface area contributed by atoms with Crippen molar-refractivity contribution < 1.29 is 23.1 Å². The molecule has 1 saturated heterocycles. The molecule has 2 aliphatic rings. The van der Waals surface area contributed by atoms with Crippen molar-refractivity contribution in [1.82, 2.24) is 4.90 Å². The second-order valence-electron chi connectivity index (χ2n) is 10.6. The zero-order valence-corrected chi connectivity index (χ0v) is 22.5. The van der Waals surface area contributed by atoms with Gasteiger partial charge in [0.2, 0.25) is 0 Å². The molecular weight excluding hydrogens is 523 g/mol. The van der Waals surface area contributed by atoms with Gasteiger partial charge < -0.3 is 10.0 Å². The van der Waals surface area contributed by atoms with E-state index in [1.165, 1.54) is 23.3 Å². The van der Waals surface area contributed by atoms with Crippen molar-refractivity contribution in [3.63, 3.8) is 0 Å². The van der Waals surface area contributed by atoms with Crippen LogP contribution in [0.3, 0.4) is 0 Å². The Bertz CT molecular complexity index is 1390. The minimum Gasteiger partial charge on any atom is -0.385 e. The number of aryl methyl sites for hydroxylation is 1. The number of piperidine rings is 1. The summed E-state index contributed by atoms with van der Waals surface area (Å²) in [6, 6.07) is 22.0. The van der Waals surface area contributed by atoms with E-state index in [9.17, 15) is 23.1 Å². The highest BCUT2D eigenvalue weighted by atomic mass is 35.5. The molecule has 1 aliphatic heterocycles. The second-order valence-corrected chi connectivity index (χ2v) is 11.0. The van der Waals surface area contributed by atoms with Gasteiger partial charge in [-0.05, 0) is 73.4 Å². The third kappa shape index (κ3) is 5.50. The Morgan fingerprint density at radius 2 is 1.69 bits per heavy atom. The molecule has 3 aromatic rings. The van der Waals surface area contributed by atoms with Gasteiger partial charge in [0.25, 0.3) is 5.91 Å². The quantitative estimate of drug-likeness (QED) is 0.339. The van der Waals surface area contributed by atoms with Gasteiger partial charge in [0.05, 0.1) is 16.2 Å². The average Bonchev–Trinajstić information content (AvgIpc) is 3.20. The Kier molecular flexibility index (Phi) is 7.62. The van der Waals surface area contributed by atoms with E-state index >= 15 is 0 Å². The lowest BCUT2D eigenvalue weighted by atomic mass is 9.83. The minimum atomic E-state index is -4.61. The summed E-state index contributed by atoms with van der Waals surface area (Å²) in [5.41, 5.74) is 2.94. The number of aliphatic hydroxyl groups is 1. The van der Waals surface area contributed by atoms with Crippen molar-refractivity contribution in [2.75, 3.05) is 13.1 Å². The number of alkyl halides is 3. The van der Waals surface area contributed by atoms with E-state index in [0.29, 0.717) is 5.57 Å². The van der Waals surface area contributed by atoms with Gasteiger partial charge in [0.15, 0.2) is 0 Å². The molecule has 7 heteroatoms. The molecule has 0 radical (unpaired) electrons. The second kappa shape index (κ2) is 10.8. The third-order valence-corrected chi connectivity index (χ3v) is 8.55. The lowest BCUT2D eigenvalue weighted by molar-refractivity contribution is -0.137. The van der Waals surface area contributed by atoms with Crippen molar-refractivity contribution in [2.24, 2.45) is 0 Å². The zero-order valence-electron chi connectivity index (χ0n) is 21.8. The summed E-state index contributed by atoms with van der Waals surface area (Å²) in [4.78, 5) is 15.5. The molecule has 1 aliphatic carbocycles. The maximum atomic E-state index is 13.8. The Morgan fingerprint density at radius 3 is 2.38 bits per heavy atom. The number of hydrogen-bond donors (Lipinski definition) is 1. The highest BCUT2D eigenvalue weighted by Gasteiger charge is 2.41. The van der Waals surface area contributed by atoms with E-state index < -0.39 is 22.4 Å². The fourth-order valence-corrected chi connectivity index (χ4v) is 6.24. The van der Waals surface area contributed by atoms with Crippen LogP contribution in [0.1, 0.15) is 66.3 Å². The molecule has 1 amide bonds. The summed E-state index contributed by atoms with van der Waals surface area (Å²) >= 11 is 5.77. The molecule has 1 heterocycles. The first-order valence-corrected chi connectivity index (χ1v) is 13.7. The van der Waals surface area contributed by atoms with Crippen LogP contribution in [-0.2, 0) is 23.0 Å². The monoisotopic (exact) mass is 553 g/mol. The maximum Gasteiger partial charge on any atom is 0.417 e. The number of rotatable bonds is 6. The highest BCUT2D eigenvalue weighted by Crippen LogP contribution is 2.46. The Balaban J connectivity index is 1.31. The molecule has 0 saturated carbocycles. The molecule has 0 spiro atoms. The Labute approximate surface area is 231 Å². The molecular formula is C32H31ClF3NO2. The first-order chi connectivity index (χ1) is 18.6. The molecule has 39 heavy (non-hydrogen) atoms. The van der Waals surface area contributed by atoms with Crippen LogP contribution in [0.25, 0.3) is 5.57 Å². The fourth-order valence-electron chi connectivity index (χ4n) is 6.02. The van der Waals surface area contributed by atoms with Crippen molar-refractivity contribution in [1.29, 1.82) is 0 Å². The number of halogens is 4. The van der Waals surface area contributed by atoms with Crippen LogP contribution < -0.4 is 0 Å². The summed E-state index contributed by atoms with van der Waals surface area (Å²) in [5, 5.41) is 10.9. The van der Waals surface area contributed by atoms with E-state index in [1.54, 1.807) is 4.90 Å². The summed E-state index contributed by atoms with van der Waals surface area (Å²) in [7, 11) is 0. The van der Waals surface area contributed by atoms with Gasteiger partial charge in [-0.25, -0.2) is 0 Å². The Hall–Kier alpha value is -3.09. The van der Waals surface area contributed by atoms with E-state index in [4.69, 9.17) is 11.6 Å². The van der Waals surface area contributed by atoms with Crippen molar-refractivity contribution in [3.8, 4) is 0 Å². The first-order valence-electron chi connectivity index (χ1n) is 13.3. The summed E-state index contributed by atoms with van der Waals surface area (Å²) in [6.45, 7) is 2.53. The molecule has 0 bridgehead atoms. The van der Waals surface area contributed by atoms with Crippen LogP contribution >= 0.6 is 11.6 Å². The molecule has 5 rings (SSSR count). The molecule has 1 fully saturated rings. The van der Waals surface area contributed by atoms with Gasteiger partial charge in [-0.1, -0.05) is 77.8 Å². The summed E-state index contributed by atoms with van der Waals surface area (Å²) < 4.78 is 40.2. The first kappa shape index (κ1) is 27.5. The highest BCUT2D eigenvalue weighted by molar-refractivity contribution is 6.31. The molecule has 1 N–H and O–H groups in total. The minimum absolute atomic E-state index is 0.0837. The predicted octanol–water partition coefficient (Wildman–Crippen LogP) is 7.76. The number of benzene rings is 3. The standard InChI is InChI=1S/C32H31ClF3NO2/c1-21-24(13-7-10-22-8-3-2-4-9-22)25-11-5-6-12-26(25)29(21)30(38)37-18-16-31(39,17-19-37)23-14-15-28(33)27(20-23)32(34,35)36/h2-6,8-9,11-12,14-15,20,24,39H,7,10,13,16-19H2,1H3. The fraction of sp³-hybridized carbons (Fsp3) is 0.344. The molecule has 1 atom stereocenters. The zero-order chi connectivity index (χ0) is 27.8. The molecule has 3 aromatic carbocycles. The van der Waals surface area contributed by atoms with Gasteiger partial charge in [0, 0.05) is 24.6 Å². The van der Waals surface area contributed by atoms with Gasteiger partial charge in [-0.2, -0.15) is 13.2 Å². The Morgan fingerprint density at radius 1 is 1.03 bits per heavy atom. The summed E-state index contributed by atoms with van der Waals surface area (Å²) in [6.07, 6.45) is -1.41. The number of allylic oxidation sites excluding steroid dienone is 1. The number of nitrogens with zero attached hydrogens (tertiary/aromatic N) is 1. The number of amides is 1. The van der Waals surface area contributed by atoms with Gasteiger partial charge in [-0.3, -0.25) is 4.79 Å². The van der Waals surface area contributed by atoms with Crippen molar-refractivity contribution in [3.05, 3.63) is 111 Å². The van der Waals surface area contributed by atoms with Crippen LogP contribution in [-0.4, -0.2) is 29.0 Å². The maximum absolute atomic E-state index is 13.8. The van der Waals surface area contributed by atoms with Crippen molar-refractivity contribution >= 4 is 23.1 Å². The normalized spacial score (nSPS) is 18.8. The largest absolute Gasteiger partial charge is 0.417 e. The van der Waals surface area contributed by atoms with E-state index in [2.05, 4.69) is 18.2 Å². The van der Waals surface area contributed by atoms with Crippen LogP contribution in [0.4, 0.5) is 13.2 Å². The number of likely N-dealkylation sites (tertiary alicyclic amines) is 1. The predicted molar refractivity (Wildman–Crippen MR) is 147 cm³/mol. The molecule has 3 nitrogen and oxygen atoms in total. The van der Waals surface area contributed by atoms with E-state index in [0.717, 1.165) is 36.5 Å². The number of fused-ring (bicyclic) bond motifs is 1. The van der Waals surface area contributed by atoms with E-state index in [-0.39, 0.29) is 43.3 Å². The number of carbonyl (C=O) groups is 1. The number of carbonyl (C=O) groups excluding carboxylic acids is 1.